The second-order valence-electron chi connectivity index (χ2n) is 19.4. The Bertz CT molecular complexity index is 2260. The molecular formula is C49H66N10O5. The van der Waals surface area contributed by atoms with Gasteiger partial charge < -0.3 is 44.9 Å². The molecule has 0 radical (unpaired) electrons. The molecule has 8 rings (SSSR count). The number of carbonyl (C=O) groups is 4. The van der Waals surface area contributed by atoms with Crippen LogP contribution in [-0.2, 0) is 25.2 Å². The molecule has 64 heavy (non-hydrogen) atoms. The number of methoxy groups -OCH3 is 1. The molecule has 2 aromatic heterocycles. The summed E-state index contributed by atoms with van der Waals surface area (Å²) in [5.41, 5.74) is 4.97. The van der Waals surface area contributed by atoms with Crippen LogP contribution in [0, 0.1) is 5.92 Å². The van der Waals surface area contributed by atoms with Crippen molar-refractivity contribution in [2.45, 2.75) is 114 Å². The number of ether oxygens (including phenoxy) is 1. The highest BCUT2D eigenvalue weighted by molar-refractivity contribution is 5.88. The summed E-state index contributed by atoms with van der Waals surface area (Å²) in [6, 6.07) is 16.0. The zero-order valence-corrected chi connectivity index (χ0v) is 38.4. The first-order valence-electron chi connectivity index (χ1n) is 23.2. The van der Waals surface area contributed by atoms with Gasteiger partial charge in [0.15, 0.2) is 0 Å². The van der Waals surface area contributed by atoms with Gasteiger partial charge >= 0.3 is 12.1 Å². The third-order valence-corrected chi connectivity index (χ3v) is 14.7. The highest BCUT2D eigenvalue weighted by atomic mass is 16.5. The lowest BCUT2D eigenvalue weighted by molar-refractivity contribution is -0.135. The van der Waals surface area contributed by atoms with Crippen molar-refractivity contribution < 1.29 is 23.9 Å². The van der Waals surface area contributed by atoms with Crippen molar-refractivity contribution in [1.82, 2.24) is 50.2 Å². The van der Waals surface area contributed by atoms with Crippen LogP contribution in [0.4, 0.5) is 9.59 Å². The van der Waals surface area contributed by atoms with Crippen LogP contribution in [0.1, 0.15) is 126 Å². The number of carbonyl (C=O) groups excluding carboxylic acids is 4. The van der Waals surface area contributed by atoms with Gasteiger partial charge in [-0.3, -0.25) is 9.59 Å². The quantitative estimate of drug-likeness (QED) is 0.125. The maximum Gasteiger partial charge on any atom is 0.407 e. The zero-order chi connectivity index (χ0) is 45.2. The van der Waals surface area contributed by atoms with Gasteiger partial charge in [-0.05, 0) is 86.4 Å². The lowest BCUT2D eigenvalue weighted by Gasteiger charge is -2.43. The monoisotopic (exact) mass is 875 g/mol. The van der Waals surface area contributed by atoms with E-state index in [2.05, 4.69) is 70.7 Å². The second-order valence-corrected chi connectivity index (χ2v) is 19.4. The molecule has 1 aliphatic carbocycles. The molecule has 0 bridgehead atoms. The third kappa shape index (κ3) is 9.27. The SMILES string of the molecule is COC(=O)N[C@@H](C(=O)N1CCC[C@H]1c1ncc(-c2ccc(C3(C)CCC(C)(c4cnc([C@@H]5CCCN5C(=O)[C@@H](NC(=O)N5CCN(C)CC5)C(C)C)[nH]4)CC3)cc2)[nH]1)c1ccccc1. The van der Waals surface area contributed by atoms with Gasteiger partial charge in [-0.25, -0.2) is 19.6 Å². The van der Waals surface area contributed by atoms with Gasteiger partial charge in [0.25, 0.3) is 5.91 Å². The molecule has 3 saturated heterocycles. The first-order valence-corrected chi connectivity index (χ1v) is 23.2. The van der Waals surface area contributed by atoms with Gasteiger partial charge in [0, 0.05) is 56.6 Å². The van der Waals surface area contributed by atoms with Gasteiger partial charge in [-0.2, -0.15) is 0 Å². The van der Waals surface area contributed by atoms with Gasteiger partial charge in [0.05, 0.1) is 31.1 Å². The largest absolute Gasteiger partial charge is 0.453 e. The Morgan fingerprint density at radius 3 is 1.95 bits per heavy atom. The predicted molar refractivity (Wildman–Crippen MR) is 244 cm³/mol. The standard InChI is InChI=1S/C49H66N10O5/c1-32(2)40(54-46(62)57-28-26-56(5)27-29-57)44(60)58-24-11-15-38(58)43-51-31-39(53-43)49(4)22-20-48(3,21-23-49)35-18-16-33(17-19-35)36-30-50-42(52-36)37-14-10-25-59(37)45(61)41(55-47(63)64-6)34-12-8-7-9-13-34/h7-9,12-13,16-19,30-32,37-38,40-41H,10-11,14-15,20-29H2,1-6H3,(H,50,52)(H,51,53)(H,54,62)(H,55,63)/t37-,38-,40-,41+,48?,49?/m0/s1. The van der Waals surface area contributed by atoms with E-state index in [1.165, 1.54) is 12.7 Å². The number of H-pyrrole nitrogens is 2. The summed E-state index contributed by atoms with van der Waals surface area (Å²) < 4.78 is 4.85. The number of hydrogen-bond donors (Lipinski definition) is 4. The fraction of sp³-hybridized carbons (Fsp3) is 0.551. The zero-order valence-electron chi connectivity index (χ0n) is 38.4. The van der Waals surface area contributed by atoms with E-state index >= 15 is 0 Å². The Labute approximate surface area is 377 Å². The number of benzene rings is 2. The molecule has 2 aromatic carbocycles. The van der Waals surface area contributed by atoms with Crippen LogP contribution >= 0.6 is 0 Å². The summed E-state index contributed by atoms with van der Waals surface area (Å²) >= 11 is 0. The first kappa shape index (κ1) is 44.9. The minimum absolute atomic E-state index is 0.00730. The maximum absolute atomic E-state index is 14.1. The summed E-state index contributed by atoms with van der Waals surface area (Å²) in [5, 5.41) is 5.83. The molecule has 4 fully saturated rings. The highest BCUT2D eigenvalue weighted by Gasteiger charge is 2.43. The smallest absolute Gasteiger partial charge is 0.407 e. The van der Waals surface area contributed by atoms with Gasteiger partial charge in [-0.15, -0.1) is 0 Å². The molecule has 15 heteroatoms. The number of nitrogens with one attached hydrogen (secondary N) is 4. The number of piperazine rings is 1. The minimum atomic E-state index is -0.870. The molecule has 3 aliphatic heterocycles. The first-order chi connectivity index (χ1) is 30.8. The number of aromatic nitrogens is 4. The number of imidazole rings is 2. The van der Waals surface area contributed by atoms with E-state index in [-0.39, 0.29) is 46.7 Å². The number of nitrogens with zero attached hydrogens (tertiary/aromatic N) is 6. The fourth-order valence-electron chi connectivity index (χ4n) is 10.3. The Hall–Kier alpha value is -5.70. The minimum Gasteiger partial charge on any atom is -0.453 e. The number of likely N-dealkylation sites (tertiary alicyclic amines) is 2. The van der Waals surface area contributed by atoms with E-state index in [4.69, 9.17) is 14.7 Å². The third-order valence-electron chi connectivity index (χ3n) is 14.7. The molecule has 15 nitrogen and oxygen atoms in total. The van der Waals surface area contributed by atoms with Crippen LogP contribution in [0.5, 0.6) is 0 Å². The average molecular weight is 875 g/mol. The number of aromatic amines is 2. The van der Waals surface area contributed by atoms with Crippen molar-refractivity contribution in [2.75, 3.05) is 53.4 Å². The normalized spacial score (nSPS) is 25.0. The van der Waals surface area contributed by atoms with Crippen LogP contribution < -0.4 is 10.6 Å². The topological polar surface area (TPSA) is 172 Å². The van der Waals surface area contributed by atoms with E-state index in [1.807, 2.05) is 71.3 Å². The summed E-state index contributed by atoms with van der Waals surface area (Å²) in [4.78, 5) is 78.3. The lowest BCUT2D eigenvalue weighted by Crippen LogP contribution is -2.57. The highest BCUT2D eigenvalue weighted by Crippen LogP contribution is 2.48. The van der Waals surface area contributed by atoms with Crippen molar-refractivity contribution in [3.8, 4) is 11.3 Å². The van der Waals surface area contributed by atoms with E-state index in [0.717, 1.165) is 93.1 Å². The molecule has 342 valence electrons. The van der Waals surface area contributed by atoms with Crippen LogP contribution in [0.15, 0.2) is 67.0 Å². The number of hydrogen-bond acceptors (Lipinski definition) is 8. The van der Waals surface area contributed by atoms with Gasteiger partial charge in [0.2, 0.25) is 5.91 Å². The molecule has 5 amide bonds. The van der Waals surface area contributed by atoms with Crippen molar-refractivity contribution in [3.05, 3.63) is 95.5 Å². The van der Waals surface area contributed by atoms with Gasteiger partial charge in [0.1, 0.15) is 23.7 Å². The van der Waals surface area contributed by atoms with E-state index in [0.29, 0.717) is 31.7 Å². The number of likely N-dealkylation sites (N-methyl/N-ethyl adjacent to an activating group) is 1. The summed E-state index contributed by atoms with van der Waals surface area (Å²) in [5.74, 6) is 1.28. The van der Waals surface area contributed by atoms with Crippen LogP contribution in [0.2, 0.25) is 0 Å². The molecule has 1 saturated carbocycles. The predicted octanol–water partition coefficient (Wildman–Crippen LogP) is 7.00. The van der Waals surface area contributed by atoms with Crippen molar-refractivity contribution in [1.29, 1.82) is 0 Å². The average Bonchev–Trinajstić information content (AvgIpc) is 4.16. The van der Waals surface area contributed by atoms with Crippen molar-refractivity contribution >= 4 is 23.9 Å². The van der Waals surface area contributed by atoms with E-state index in [9.17, 15) is 19.2 Å². The van der Waals surface area contributed by atoms with Crippen LogP contribution in [0.3, 0.4) is 0 Å². The summed E-state index contributed by atoms with van der Waals surface area (Å²) in [6.45, 7) is 12.9. The second kappa shape index (κ2) is 18.8. The Kier molecular flexibility index (Phi) is 13.2. The number of alkyl carbamates (subject to hydrolysis) is 1. The van der Waals surface area contributed by atoms with Crippen molar-refractivity contribution in [2.24, 2.45) is 5.92 Å². The Balaban J connectivity index is 0.890. The Morgan fingerprint density at radius 1 is 0.734 bits per heavy atom. The van der Waals surface area contributed by atoms with Gasteiger partial charge in [-0.1, -0.05) is 82.3 Å². The summed E-state index contributed by atoms with van der Waals surface area (Å²) in [6.07, 6.45) is 10.5. The molecule has 4 aromatic rings. The maximum atomic E-state index is 14.1. The van der Waals surface area contributed by atoms with E-state index in [1.54, 1.807) is 0 Å². The molecular weight excluding hydrogens is 809 g/mol. The number of rotatable bonds is 11. The number of urea groups is 1. The fourth-order valence-corrected chi connectivity index (χ4v) is 10.3. The van der Waals surface area contributed by atoms with Crippen LogP contribution in [-0.4, -0.2) is 123 Å². The molecule has 4 aliphatic rings. The van der Waals surface area contributed by atoms with Crippen LogP contribution in [0.25, 0.3) is 11.3 Å². The van der Waals surface area contributed by atoms with Crippen molar-refractivity contribution in [3.63, 3.8) is 0 Å². The molecule has 0 spiro atoms. The van der Waals surface area contributed by atoms with E-state index < -0.39 is 18.2 Å². The number of amides is 5. The molecule has 4 N–H and O–H groups in total. The Morgan fingerprint density at radius 2 is 1.33 bits per heavy atom. The molecule has 5 heterocycles. The lowest BCUT2D eigenvalue weighted by atomic mass is 9.62. The molecule has 0 unspecified atom stereocenters. The summed E-state index contributed by atoms with van der Waals surface area (Å²) in [7, 11) is 3.35. The molecule has 4 atom stereocenters.